The zero-order valence-electron chi connectivity index (χ0n) is 26.9. The number of anilines is 3. The molecule has 274 valence electrons. The Bertz CT molecular complexity index is 2000. The van der Waals surface area contributed by atoms with E-state index in [1.54, 1.807) is 0 Å². The number of hydrogen-bond acceptors (Lipinski definition) is 11. The second-order valence-electron chi connectivity index (χ2n) is 9.87. The van der Waals surface area contributed by atoms with Gasteiger partial charge < -0.3 is 20.5 Å². The zero-order valence-corrected chi connectivity index (χ0v) is 31.5. The largest absolute Gasteiger partial charge is 0.494 e. The smallest absolute Gasteiger partial charge is 0.355 e. The van der Waals surface area contributed by atoms with Gasteiger partial charge in [-0.15, -0.1) is 5.10 Å². The van der Waals surface area contributed by atoms with Crippen molar-refractivity contribution in [2.45, 2.75) is 40.3 Å². The summed E-state index contributed by atoms with van der Waals surface area (Å²) < 4.78 is 56.1. The highest BCUT2D eigenvalue weighted by atomic mass is 35.5. The highest BCUT2D eigenvalue weighted by molar-refractivity contribution is 7.92. The Hall–Kier alpha value is -3.68. The predicted octanol–water partition coefficient (Wildman–Crippen LogP) is 6.89. The number of benzene rings is 2. The summed E-state index contributed by atoms with van der Waals surface area (Å²) in [4.78, 5) is 34.8. The molecular formula is C27H30Cl5F2N9O6S. The molecule has 0 saturated heterocycles. The second kappa shape index (κ2) is 18.5. The van der Waals surface area contributed by atoms with Gasteiger partial charge in [-0.05, 0) is 63.6 Å². The molecule has 0 aliphatic carbocycles. The van der Waals surface area contributed by atoms with Crippen molar-refractivity contribution in [1.29, 1.82) is 0 Å². The molecule has 50 heavy (non-hydrogen) atoms. The summed E-state index contributed by atoms with van der Waals surface area (Å²) in [5.41, 5.74) is -1.39. The predicted molar refractivity (Wildman–Crippen MR) is 190 cm³/mol. The minimum absolute atomic E-state index is 0.0257. The third kappa shape index (κ3) is 12.0. The van der Waals surface area contributed by atoms with Crippen molar-refractivity contribution in [3.63, 3.8) is 0 Å². The number of carboxylic acid groups (broad SMARTS) is 1. The van der Waals surface area contributed by atoms with Gasteiger partial charge in [-0.2, -0.15) is 28.4 Å². The molecule has 0 fully saturated rings. The summed E-state index contributed by atoms with van der Waals surface area (Å²) in [5.74, 6) is -0.314. The quantitative estimate of drug-likeness (QED) is 0.130. The van der Waals surface area contributed by atoms with E-state index in [1.165, 1.54) is 32.2 Å². The van der Waals surface area contributed by atoms with Crippen molar-refractivity contribution >= 4 is 91.6 Å². The van der Waals surface area contributed by atoms with Crippen LogP contribution in [0.3, 0.4) is 0 Å². The zero-order chi connectivity index (χ0) is 38.1. The Morgan fingerprint density at radius 1 is 1.00 bits per heavy atom. The number of methoxy groups -OCH3 is 1. The van der Waals surface area contributed by atoms with Crippen molar-refractivity contribution in [3.05, 3.63) is 71.5 Å². The molecule has 0 bridgehead atoms. The Morgan fingerprint density at radius 2 is 1.60 bits per heavy atom. The fourth-order valence-electron chi connectivity index (χ4n) is 3.68. The molecule has 2 aromatic carbocycles. The van der Waals surface area contributed by atoms with Crippen LogP contribution in [0.15, 0.2) is 29.1 Å². The normalized spacial score (nSPS) is 10.9. The van der Waals surface area contributed by atoms with E-state index in [0.717, 1.165) is 18.9 Å². The molecule has 0 saturated carbocycles. The lowest BCUT2D eigenvalue weighted by Gasteiger charge is -2.10. The number of sulfonamides is 1. The molecule has 0 aliphatic rings. The van der Waals surface area contributed by atoms with E-state index < -0.39 is 28.2 Å². The van der Waals surface area contributed by atoms with E-state index in [2.05, 4.69) is 35.4 Å². The minimum atomic E-state index is -3.65. The van der Waals surface area contributed by atoms with Crippen molar-refractivity contribution in [2.24, 2.45) is 0 Å². The van der Waals surface area contributed by atoms with Crippen LogP contribution in [-0.2, 0) is 10.0 Å². The fraction of sp³-hybridized carbons (Fsp3) is 0.333. The molecule has 4 aromatic rings. The number of aromatic carboxylic acids is 1. The summed E-state index contributed by atoms with van der Waals surface area (Å²) >= 11 is 28.9. The van der Waals surface area contributed by atoms with E-state index >= 15 is 0 Å². The third-order valence-corrected chi connectivity index (χ3v) is 7.56. The standard InChI is InChI=1S/C11H10Cl2F2N4O3S.C8H6Cl2O3.C8H14ClN5/c1-5-16-19(11(20)18(5)10(14)15)9-4-8(17-23(2,21)22)6(12)3-7(9)13;1-13-7-5(10)3-2-4(9)6(7)8(11)12;1-4-10-7-12-6(9)13-8(14-7)11-5(2)3/h3-4,10,17H,1-2H3;2-3H,1H3,(H,11,12);5H,4H2,1-3H3,(H2,10,11,12,13,14). The topological polar surface area (TPSA) is 195 Å². The van der Waals surface area contributed by atoms with Crippen LogP contribution in [0, 0.1) is 6.92 Å². The summed E-state index contributed by atoms with van der Waals surface area (Å²) in [6.07, 6.45) is 0.902. The lowest BCUT2D eigenvalue weighted by Crippen LogP contribution is -2.25. The first kappa shape index (κ1) is 42.5. The van der Waals surface area contributed by atoms with Crippen LogP contribution in [0.2, 0.25) is 25.4 Å². The highest BCUT2D eigenvalue weighted by Crippen LogP contribution is 2.34. The molecule has 2 heterocycles. The Labute approximate surface area is 309 Å². The molecule has 0 amide bonds. The van der Waals surface area contributed by atoms with E-state index in [4.69, 9.17) is 67.8 Å². The van der Waals surface area contributed by atoms with Gasteiger partial charge in [0.1, 0.15) is 11.4 Å². The second-order valence-corrected chi connectivity index (χ2v) is 13.6. The average Bonchev–Trinajstić information content (AvgIpc) is 3.28. The molecule has 0 radical (unpaired) electrons. The van der Waals surface area contributed by atoms with E-state index in [1.807, 2.05) is 20.8 Å². The Kier molecular flexibility index (Phi) is 15.7. The molecular weight excluding hydrogens is 794 g/mol. The number of carbonyl (C=O) groups is 1. The number of nitrogens with one attached hydrogen (secondary N) is 3. The van der Waals surface area contributed by atoms with Crippen LogP contribution in [-0.4, -0.2) is 74.7 Å². The number of carboxylic acids is 1. The summed E-state index contributed by atoms with van der Waals surface area (Å²) in [5, 5.41) is 19.0. The van der Waals surface area contributed by atoms with Gasteiger partial charge in [0.25, 0.3) is 0 Å². The van der Waals surface area contributed by atoms with Crippen LogP contribution in [0.25, 0.3) is 5.69 Å². The molecule has 0 unspecified atom stereocenters. The number of nitrogens with zero attached hydrogens (tertiary/aromatic N) is 6. The maximum absolute atomic E-state index is 12.8. The molecule has 0 atom stereocenters. The number of ether oxygens (including phenoxy) is 1. The van der Waals surface area contributed by atoms with Crippen LogP contribution in [0.1, 0.15) is 43.5 Å². The summed E-state index contributed by atoms with van der Waals surface area (Å²) in [6, 6.07) is 5.47. The van der Waals surface area contributed by atoms with Crippen molar-refractivity contribution in [3.8, 4) is 11.4 Å². The number of aromatic nitrogens is 6. The van der Waals surface area contributed by atoms with Crippen molar-refractivity contribution in [2.75, 3.05) is 35.3 Å². The number of hydrogen-bond donors (Lipinski definition) is 4. The average molecular weight is 824 g/mol. The third-order valence-electron chi connectivity index (χ3n) is 5.57. The number of halogens is 7. The molecule has 23 heteroatoms. The first-order chi connectivity index (χ1) is 23.2. The van der Waals surface area contributed by atoms with Gasteiger partial charge in [0.05, 0.1) is 44.8 Å². The maximum Gasteiger partial charge on any atom is 0.355 e. The van der Waals surface area contributed by atoms with Gasteiger partial charge in [-0.1, -0.05) is 46.4 Å². The van der Waals surface area contributed by atoms with Crippen molar-refractivity contribution in [1.82, 2.24) is 29.3 Å². The Balaban J connectivity index is 0.000000277. The molecule has 0 aliphatic heterocycles. The minimum Gasteiger partial charge on any atom is -0.494 e. The maximum atomic E-state index is 12.8. The first-order valence-corrected chi connectivity index (χ1v) is 17.6. The SMILES string of the molecule is CCNc1nc(Cl)nc(NC(C)C)n1.COc1c(Cl)ccc(Cl)c1C(=O)O.Cc1nn(-c2cc(NS(C)(=O)=O)c(Cl)cc2Cl)c(=O)n1C(F)F. The molecule has 4 N–H and O–H groups in total. The fourth-order valence-corrected chi connectivity index (χ4v) is 5.44. The van der Waals surface area contributed by atoms with Gasteiger partial charge >= 0.3 is 18.2 Å². The van der Waals surface area contributed by atoms with Gasteiger partial charge in [0.15, 0.2) is 5.75 Å². The van der Waals surface area contributed by atoms with E-state index in [9.17, 15) is 26.8 Å². The molecule has 2 aromatic heterocycles. The van der Waals surface area contributed by atoms with Crippen LogP contribution < -0.4 is 25.8 Å². The Morgan fingerprint density at radius 3 is 2.08 bits per heavy atom. The van der Waals surface area contributed by atoms with Crippen molar-refractivity contribution < 1.29 is 31.8 Å². The number of rotatable bonds is 10. The van der Waals surface area contributed by atoms with Gasteiger partial charge in [-0.3, -0.25) is 4.72 Å². The summed E-state index contributed by atoms with van der Waals surface area (Å²) in [6.45, 7) is 4.88. The lowest BCUT2D eigenvalue weighted by molar-refractivity contribution is 0.0639. The van der Waals surface area contributed by atoms with Gasteiger partial charge in [-0.25, -0.2) is 22.6 Å². The van der Waals surface area contributed by atoms with Crippen LogP contribution in [0.4, 0.5) is 26.4 Å². The molecule has 15 nitrogen and oxygen atoms in total. The van der Waals surface area contributed by atoms with Gasteiger partial charge in [0, 0.05) is 12.6 Å². The lowest BCUT2D eigenvalue weighted by atomic mass is 10.2. The molecule has 4 rings (SSSR count). The van der Waals surface area contributed by atoms with E-state index in [-0.39, 0.29) is 64.5 Å². The molecule has 0 spiro atoms. The van der Waals surface area contributed by atoms with E-state index in [0.29, 0.717) is 16.6 Å². The first-order valence-electron chi connectivity index (χ1n) is 13.8. The number of aryl methyl sites for hydroxylation is 1. The monoisotopic (exact) mass is 821 g/mol. The number of alkyl halides is 2. The van der Waals surface area contributed by atoms with Crippen LogP contribution in [0.5, 0.6) is 5.75 Å². The highest BCUT2D eigenvalue weighted by Gasteiger charge is 2.21. The summed E-state index contributed by atoms with van der Waals surface area (Å²) in [7, 11) is -2.31. The van der Waals surface area contributed by atoms with Crippen LogP contribution >= 0.6 is 58.0 Å². The van der Waals surface area contributed by atoms with Gasteiger partial charge in [0.2, 0.25) is 27.2 Å².